The van der Waals surface area contributed by atoms with Crippen LogP contribution in [0.15, 0.2) is 0 Å². The summed E-state index contributed by atoms with van der Waals surface area (Å²) in [4.78, 5) is 21.9. The molecule has 0 N–H and O–H groups in total. The van der Waals surface area contributed by atoms with E-state index in [1.54, 1.807) is 4.90 Å². The molecule has 1 aliphatic rings. The van der Waals surface area contributed by atoms with Crippen molar-refractivity contribution >= 4 is 6.41 Å². The molecule has 13 heavy (non-hydrogen) atoms. The maximum atomic E-state index is 10.4. The van der Waals surface area contributed by atoms with E-state index in [4.69, 9.17) is 0 Å². The molecule has 0 unspecified atom stereocenters. The minimum atomic E-state index is -0.272. The highest BCUT2D eigenvalue weighted by Gasteiger charge is 2.19. The van der Waals surface area contributed by atoms with Gasteiger partial charge in [-0.15, -0.1) is 0 Å². The van der Waals surface area contributed by atoms with Gasteiger partial charge in [0.15, 0.2) is 0 Å². The maximum Gasteiger partial charge on any atom is 0.209 e. The molecule has 1 heterocycles. The molecule has 1 fully saturated rings. The zero-order chi connectivity index (χ0) is 9.68. The molecule has 1 rings (SSSR count). The van der Waals surface area contributed by atoms with Gasteiger partial charge in [0.05, 0.1) is 0 Å². The van der Waals surface area contributed by atoms with Crippen LogP contribution in [0.25, 0.3) is 0 Å². The summed E-state index contributed by atoms with van der Waals surface area (Å²) >= 11 is 0. The molecule has 5 nitrogen and oxygen atoms in total. The lowest BCUT2D eigenvalue weighted by Gasteiger charge is -2.28. The molecule has 0 saturated carbocycles. The lowest BCUT2D eigenvalue weighted by Crippen LogP contribution is -2.33. The Morgan fingerprint density at radius 3 is 2.54 bits per heavy atom. The molecule has 0 atom stereocenters. The zero-order valence-electron chi connectivity index (χ0n) is 7.52. The van der Waals surface area contributed by atoms with Crippen LogP contribution in [-0.4, -0.2) is 35.9 Å². The average Bonchev–Trinajstić information content (AvgIpc) is 2.15. The molecule has 0 aromatic heterocycles. The summed E-state index contributed by atoms with van der Waals surface area (Å²) in [5, 5.41) is 10.1. The number of carbonyl (C=O) groups is 1. The standard InChI is InChI=1S/C8H14N2O3/c11-7-9-4-1-8(2-5-9)3-6-10(12)13/h7-8H,1-6H2. The van der Waals surface area contributed by atoms with E-state index >= 15 is 0 Å². The second-order valence-corrected chi connectivity index (χ2v) is 3.43. The minimum Gasteiger partial charge on any atom is -0.345 e. The van der Waals surface area contributed by atoms with Crippen LogP contribution in [0.3, 0.4) is 0 Å². The quantitative estimate of drug-likeness (QED) is 0.365. The van der Waals surface area contributed by atoms with Crippen molar-refractivity contribution in [3.63, 3.8) is 0 Å². The van der Waals surface area contributed by atoms with Gasteiger partial charge in [0.1, 0.15) is 0 Å². The highest BCUT2D eigenvalue weighted by molar-refractivity contribution is 5.47. The van der Waals surface area contributed by atoms with Gasteiger partial charge in [0.2, 0.25) is 13.0 Å². The van der Waals surface area contributed by atoms with E-state index in [0.29, 0.717) is 12.3 Å². The Kier molecular flexibility index (Phi) is 3.67. The lowest BCUT2D eigenvalue weighted by molar-refractivity contribution is -0.481. The molecular weight excluding hydrogens is 172 g/mol. The molecule has 0 aromatic carbocycles. The third kappa shape index (κ3) is 3.40. The number of amides is 1. The summed E-state index contributed by atoms with van der Waals surface area (Å²) in [6, 6.07) is 0. The largest absolute Gasteiger partial charge is 0.345 e. The first kappa shape index (κ1) is 9.95. The number of rotatable bonds is 4. The SMILES string of the molecule is O=CN1CCC(CC[N+](=O)[O-])CC1. The van der Waals surface area contributed by atoms with Crippen LogP contribution < -0.4 is 0 Å². The molecule has 1 amide bonds. The molecule has 1 aliphatic heterocycles. The Morgan fingerprint density at radius 2 is 2.08 bits per heavy atom. The molecule has 0 spiro atoms. The van der Waals surface area contributed by atoms with Crippen molar-refractivity contribution in [1.82, 2.24) is 4.90 Å². The minimum absolute atomic E-state index is 0.0613. The zero-order valence-corrected chi connectivity index (χ0v) is 7.52. The highest BCUT2D eigenvalue weighted by atomic mass is 16.6. The van der Waals surface area contributed by atoms with Gasteiger partial charge in [-0.3, -0.25) is 14.9 Å². The molecule has 1 saturated heterocycles. The second-order valence-electron chi connectivity index (χ2n) is 3.43. The van der Waals surface area contributed by atoms with Crippen LogP contribution in [0, 0.1) is 16.0 Å². The summed E-state index contributed by atoms with van der Waals surface area (Å²) in [7, 11) is 0. The third-order valence-corrected chi connectivity index (χ3v) is 2.52. The molecular formula is C8H14N2O3. The summed E-state index contributed by atoms with van der Waals surface area (Å²) in [5.74, 6) is 0.432. The molecule has 74 valence electrons. The number of carbonyl (C=O) groups excluding carboxylic acids is 1. The van der Waals surface area contributed by atoms with E-state index in [2.05, 4.69) is 0 Å². The van der Waals surface area contributed by atoms with Crippen LogP contribution >= 0.6 is 0 Å². The first-order valence-electron chi connectivity index (χ1n) is 4.53. The smallest absolute Gasteiger partial charge is 0.209 e. The van der Waals surface area contributed by atoms with Crippen LogP contribution in [0.4, 0.5) is 0 Å². The van der Waals surface area contributed by atoms with Crippen molar-refractivity contribution in [2.45, 2.75) is 19.3 Å². The van der Waals surface area contributed by atoms with Crippen molar-refractivity contribution in [2.75, 3.05) is 19.6 Å². The Labute approximate surface area is 76.9 Å². The van der Waals surface area contributed by atoms with Gasteiger partial charge in [-0.1, -0.05) is 0 Å². The first-order valence-corrected chi connectivity index (χ1v) is 4.53. The summed E-state index contributed by atoms with van der Waals surface area (Å²) < 4.78 is 0. The van der Waals surface area contributed by atoms with Gasteiger partial charge in [-0.25, -0.2) is 0 Å². The predicted octanol–water partition coefficient (Wildman–Crippen LogP) is 0.522. The Bertz CT molecular complexity index is 188. The van der Waals surface area contributed by atoms with Gasteiger partial charge in [-0.2, -0.15) is 0 Å². The van der Waals surface area contributed by atoms with Crippen LogP contribution in [0.5, 0.6) is 0 Å². The fourth-order valence-corrected chi connectivity index (χ4v) is 1.64. The number of nitro groups is 1. The molecule has 0 aromatic rings. The van der Waals surface area contributed by atoms with Crippen molar-refractivity contribution in [3.05, 3.63) is 10.1 Å². The predicted molar refractivity (Wildman–Crippen MR) is 46.8 cm³/mol. The summed E-state index contributed by atoms with van der Waals surface area (Å²) in [6.07, 6.45) is 3.32. The van der Waals surface area contributed by atoms with Crippen LogP contribution in [0.2, 0.25) is 0 Å². The average molecular weight is 186 g/mol. The van der Waals surface area contributed by atoms with E-state index in [9.17, 15) is 14.9 Å². The highest BCUT2D eigenvalue weighted by Crippen LogP contribution is 2.19. The number of piperidine rings is 1. The Hall–Kier alpha value is -1.13. The summed E-state index contributed by atoms with van der Waals surface area (Å²) in [6.45, 7) is 1.57. The van der Waals surface area contributed by atoms with Crippen LogP contribution in [-0.2, 0) is 4.79 Å². The van der Waals surface area contributed by atoms with Crippen molar-refractivity contribution < 1.29 is 9.72 Å². The Balaban J connectivity index is 2.17. The van der Waals surface area contributed by atoms with Crippen molar-refractivity contribution in [2.24, 2.45) is 5.92 Å². The normalized spacial score (nSPS) is 18.6. The molecule has 0 aliphatic carbocycles. The van der Waals surface area contributed by atoms with Gasteiger partial charge in [-0.05, 0) is 18.8 Å². The first-order chi connectivity index (χ1) is 6.22. The summed E-state index contributed by atoms with van der Waals surface area (Å²) in [5.41, 5.74) is 0. The number of hydrogen-bond acceptors (Lipinski definition) is 3. The van der Waals surface area contributed by atoms with Gasteiger partial charge in [0.25, 0.3) is 0 Å². The van der Waals surface area contributed by atoms with E-state index < -0.39 is 0 Å². The van der Waals surface area contributed by atoms with Crippen LogP contribution in [0.1, 0.15) is 19.3 Å². The van der Waals surface area contributed by atoms with E-state index in [-0.39, 0.29) is 11.5 Å². The fourth-order valence-electron chi connectivity index (χ4n) is 1.64. The maximum absolute atomic E-state index is 10.4. The van der Waals surface area contributed by atoms with E-state index in [0.717, 1.165) is 32.3 Å². The van der Waals surface area contributed by atoms with E-state index in [1.807, 2.05) is 0 Å². The fraction of sp³-hybridized carbons (Fsp3) is 0.875. The van der Waals surface area contributed by atoms with Gasteiger partial charge in [0, 0.05) is 24.4 Å². The monoisotopic (exact) mass is 186 g/mol. The topological polar surface area (TPSA) is 63.5 Å². The van der Waals surface area contributed by atoms with Gasteiger partial charge >= 0.3 is 0 Å². The number of nitrogens with zero attached hydrogens (tertiary/aromatic N) is 2. The molecule has 5 heteroatoms. The third-order valence-electron chi connectivity index (χ3n) is 2.52. The van der Waals surface area contributed by atoms with Gasteiger partial charge < -0.3 is 4.90 Å². The van der Waals surface area contributed by atoms with Crippen molar-refractivity contribution in [1.29, 1.82) is 0 Å². The van der Waals surface area contributed by atoms with E-state index in [1.165, 1.54) is 0 Å². The van der Waals surface area contributed by atoms with Crippen molar-refractivity contribution in [3.8, 4) is 0 Å². The number of hydrogen-bond donors (Lipinski definition) is 0. The lowest BCUT2D eigenvalue weighted by atomic mass is 9.94. The molecule has 0 bridgehead atoms. The number of likely N-dealkylation sites (tertiary alicyclic amines) is 1. The second kappa shape index (κ2) is 4.79. The molecule has 0 radical (unpaired) electrons. The Morgan fingerprint density at radius 1 is 1.46 bits per heavy atom.